The van der Waals surface area contributed by atoms with Crippen LogP contribution in [0.1, 0.15) is 16.0 Å². The number of aryl methyl sites for hydroxylation is 1. The van der Waals surface area contributed by atoms with Crippen molar-refractivity contribution in [1.29, 1.82) is 0 Å². The van der Waals surface area contributed by atoms with Crippen LogP contribution >= 0.6 is 11.3 Å². The zero-order valence-electron chi connectivity index (χ0n) is 11.7. The molecular formula is C15H13NO4S2. The number of thiophene rings is 1. The fourth-order valence-corrected chi connectivity index (χ4v) is 3.71. The minimum atomic E-state index is -3.80. The summed E-state index contributed by atoms with van der Waals surface area (Å²) in [5.41, 5.74) is 1.98. The molecule has 0 aliphatic heterocycles. The maximum absolute atomic E-state index is 11.8. The van der Waals surface area contributed by atoms with Crippen LogP contribution in [0.4, 0.5) is 0 Å². The largest absolute Gasteiger partial charge is 0.480 e. The third-order valence-electron chi connectivity index (χ3n) is 2.64. The van der Waals surface area contributed by atoms with E-state index in [9.17, 15) is 13.2 Å². The van der Waals surface area contributed by atoms with E-state index in [-0.39, 0.29) is 4.21 Å². The molecule has 0 spiro atoms. The average Bonchev–Trinajstić information content (AvgIpc) is 2.94. The number of benzene rings is 1. The van der Waals surface area contributed by atoms with Crippen LogP contribution in [0.25, 0.3) is 0 Å². The van der Waals surface area contributed by atoms with Gasteiger partial charge in [0, 0.05) is 5.56 Å². The van der Waals surface area contributed by atoms with Crippen molar-refractivity contribution in [3.63, 3.8) is 0 Å². The molecule has 2 rings (SSSR count). The van der Waals surface area contributed by atoms with Gasteiger partial charge in [0.15, 0.2) is 0 Å². The van der Waals surface area contributed by atoms with Crippen molar-refractivity contribution in [2.45, 2.75) is 11.1 Å². The molecule has 0 radical (unpaired) electrons. The van der Waals surface area contributed by atoms with E-state index < -0.39 is 22.5 Å². The molecule has 7 heteroatoms. The van der Waals surface area contributed by atoms with Gasteiger partial charge >= 0.3 is 5.97 Å². The van der Waals surface area contributed by atoms with Gasteiger partial charge in [-0.05, 0) is 31.2 Å². The Kier molecular flexibility index (Phi) is 4.98. The third kappa shape index (κ3) is 4.43. The van der Waals surface area contributed by atoms with E-state index in [1.54, 1.807) is 6.07 Å². The Morgan fingerprint density at radius 3 is 2.50 bits per heavy atom. The number of carbonyl (C=O) groups is 1. The molecule has 0 atom stereocenters. The number of carboxylic acids is 1. The van der Waals surface area contributed by atoms with E-state index in [1.165, 1.54) is 6.07 Å². The van der Waals surface area contributed by atoms with Crippen molar-refractivity contribution in [1.82, 2.24) is 4.72 Å². The van der Waals surface area contributed by atoms with Crippen molar-refractivity contribution in [2.24, 2.45) is 0 Å². The fourth-order valence-electron chi connectivity index (χ4n) is 1.53. The first kappa shape index (κ1) is 16.2. The molecule has 0 unspecified atom stereocenters. The first-order valence-electron chi connectivity index (χ1n) is 6.27. The van der Waals surface area contributed by atoms with Gasteiger partial charge in [-0.15, -0.1) is 11.3 Å². The molecule has 0 saturated heterocycles. The number of hydrogen-bond donors (Lipinski definition) is 2. The SMILES string of the molecule is Cc1ccc(C#Cc2ccc(S(=O)(=O)NCC(=O)O)s2)cc1. The molecule has 0 fully saturated rings. The molecule has 1 heterocycles. The second-order valence-corrected chi connectivity index (χ2v) is 7.53. The Morgan fingerprint density at radius 1 is 1.18 bits per heavy atom. The molecule has 0 saturated carbocycles. The normalized spacial score (nSPS) is 10.8. The fraction of sp³-hybridized carbons (Fsp3) is 0.133. The molecule has 5 nitrogen and oxygen atoms in total. The van der Waals surface area contributed by atoms with Crippen LogP contribution in [0.5, 0.6) is 0 Å². The van der Waals surface area contributed by atoms with Crippen molar-refractivity contribution in [3.8, 4) is 11.8 Å². The molecule has 0 amide bonds. The summed E-state index contributed by atoms with van der Waals surface area (Å²) in [5, 5.41) is 8.51. The summed E-state index contributed by atoms with van der Waals surface area (Å²) in [4.78, 5) is 11.0. The zero-order chi connectivity index (χ0) is 16.2. The minimum absolute atomic E-state index is 0.0435. The molecule has 0 bridgehead atoms. The Hall–Kier alpha value is -2.14. The van der Waals surface area contributed by atoms with Crippen LogP contribution in [-0.2, 0) is 14.8 Å². The second-order valence-electron chi connectivity index (χ2n) is 4.45. The van der Waals surface area contributed by atoms with Crippen LogP contribution in [0, 0.1) is 18.8 Å². The summed E-state index contributed by atoms with van der Waals surface area (Å²) in [7, 11) is -3.80. The summed E-state index contributed by atoms with van der Waals surface area (Å²) in [6.45, 7) is 1.34. The predicted octanol–water partition coefficient (Wildman–Crippen LogP) is 1.82. The van der Waals surface area contributed by atoms with Crippen molar-refractivity contribution >= 4 is 27.3 Å². The highest BCUT2D eigenvalue weighted by Gasteiger charge is 2.17. The molecule has 22 heavy (non-hydrogen) atoms. The Balaban J connectivity index is 2.15. The van der Waals surface area contributed by atoms with Gasteiger partial charge in [0.05, 0.1) is 4.88 Å². The highest BCUT2D eigenvalue weighted by Crippen LogP contribution is 2.20. The van der Waals surface area contributed by atoms with E-state index >= 15 is 0 Å². The molecule has 2 aromatic rings. The molecule has 0 aliphatic rings. The summed E-state index contributed by atoms with van der Waals surface area (Å²) in [5.74, 6) is 4.62. The van der Waals surface area contributed by atoms with E-state index in [1.807, 2.05) is 35.9 Å². The Labute approximate surface area is 132 Å². The molecule has 1 aromatic heterocycles. The highest BCUT2D eigenvalue weighted by atomic mass is 32.2. The minimum Gasteiger partial charge on any atom is -0.480 e. The summed E-state index contributed by atoms with van der Waals surface area (Å²) < 4.78 is 25.7. The number of aliphatic carboxylic acids is 1. The lowest BCUT2D eigenvalue weighted by Gasteiger charge is -2.00. The number of rotatable bonds is 4. The van der Waals surface area contributed by atoms with Gasteiger partial charge in [-0.25, -0.2) is 8.42 Å². The summed E-state index contributed by atoms with van der Waals surface area (Å²) in [6, 6.07) is 10.7. The van der Waals surface area contributed by atoms with Crippen molar-refractivity contribution in [2.75, 3.05) is 6.54 Å². The Morgan fingerprint density at radius 2 is 1.86 bits per heavy atom. The number of hydrogen-bond acceptors (Lipinski definition) is 4. The quantitative estimate of drug-likeness (QED) is 0.835. The first-order valence-corrected chi connectivity index (χ1v) is 8.57. The summed E-state index contributed by atoms with van der Waals surface area (Å²) >= 11 is 0.997. The molecule has 2 N–H and O–H groups in total. The van der Waals surface area contributed by atoms with Crippen molar-refractivity contribution in [3.05, 3.63) is 52.4 Å². The lowest BCUT2D eigenvalue weighted by molar-refractivity contribution is -0.135. The van der Waals surface area contributed by atoms with Crippen LogP contribution in [-0.4, -0.2) is 26.0 Å². The smallest absolute Gasteiger partial charge is 0.318 e. The maximum Gasteiger partial charge on any atom is 0.318 e. The monoisotopic (exact) mass is 335 g/mol. The highest BCUT2D eigenvalue weighted by molar-refractivity contribution is 7.91. The molecule has 114 valence electrons. The van der Waals surface area contributed by atoms with Gasteiger partial charge in [-0.2, -0.15) is 4.72 Å². The maximum atomic E-state index is 11.8. The van der Waals surface area contributed by atoms with Gasteiger partial charge in [0.25, 0.3) is 10.0 Å². The van der Waals surface area contributed by atoms with Crippen molar-refractivity contribution < 1.29 is 18.3 Å². The van der Waals surface area contributed by atoms with Crippen LogP contribution < -0.4 is 4.72 Å². The third-order valence-corrected chi connectivity index (χ3v) is 5.53. The number of nitrogens with one attached hydrogen (secondary N) is 1. The van der Waals surface area contributed by atoms with Crippen LogP contribution in [0.3, 0.4) is 0 Å². The molecule has 1 aromatic carbocycles. The van der Waals surface area contributed by atoms with Gasteiger partial charge in [0.1, 0.15) is 10.8 Å². The van der Waals surface area contributed by atoms with E-state index in [0.29, 0.717) is 4.88 Å². The number of carboxylic acid groups (broad SMARTS) is 1. The predicted molar refractivity (Wildman–Crippen MR) is 84.3 cm³/mol. The van der Waals surface area contributed by atoms with E-state index in [4.69, 9.17) is 5.11 Å². The zero-order valence-corrected chi connectivity index (χ0v) is 13.3. The van der Waals surface area contributed by atoms with Crippen LogP contribution in [0.2, 0.25) is 0 Å². The van der Waals surface area contributed by atoms with E-state index in [2.05, 4.69) is 11.8 Å². The topological polar surface area (TPSA) is 83.5 Å². The second kappa shape index (κ2) is 6.75. The van der Waals surface area contributed by atoms with Crippen LogP contribution in [0.15, 0.2) is 40.6 Å². The van der Waals surface area contributed by atoms with Gasteiger partial charge in [-0.3, -0.25) is 4.79 Å². The van der Waals surface area contributed by atoms with Gasteiger partial charge in [-0.1, -0.05) is 29.5 Å². The molecule has 0 aliphatic carbocycles. The van der Waals surface area contributed by atoms with E-state index in [0.717, 1.165) is 22.5 Å². The molecular weight excluding hydrogens is 322 g/mol. The van der Waals surface area contributed by atoms with Gasteiger partial charge in [0.2, 0.25) is 0 Å². The average molecular weight is 335 g/mol. The lowest BCUT2D eigenvalue weighted by Crippen LogP contribution is -2.28. The summed E-state index contributed by atoms with van der Waals surface area (Å²) in [6.07, 6.45) is 0. The Bertz CT molecular complexity index is 840. The van der Waals surface area contributed by atoms with Gasteiger partial charge < -0.3 is 5.11 Å². The standard InChI is InChI=1S/C15H13NO4S2/c1-11-2-4-12(5-3-11)6-7-13-8-9-15(21-13)22(19,20)16-10-14(17)18/h2-5,8-9,16H,10H2,1H3,(H,17,18). The lowest BCUT2D eigenvalue weighted by atomic mass is 10.1. The first-order chi connectivity index (χ1) is 10.4. The number of sulfonamides is 1.